The van der Waals surface area contributed by atoms with Crippen LogP contribution in [0.4, 0.5) is 24.1 Å². The van der Waals surface area contributed by atoms with E-state index >= 15 is 0 Å². The van der Waals surface area contributed by atoms with Crippen molar-refractivity contribution in [2.45, 2.75) is 33.3 Å². The molecule has 10 heteroatoms. The zero-order valence-electron chi connectivity index (χ0n) is 19.4. The summed E-state index contributed by atoms with van der Waals surface area (Å²) in [6.07, 6.45) is -0.830. The number of urea groups is 1. The minimum Gasteiger partial charge on any atom is -0.465 e. The van der Waals surface area contributed by atoms with Crippen LogP contribution in [0, 0.1) is 11.6 Å². The summed E-state index contributed by atoms with van der Waals surface area (Å²) in [6, 6.07) is 7.08. The van der Waals surface area contributed by atoms with Gasteiger partial charge in [0.2, 0.25) is 0 Å². The third-order valence-corrected chi connectivity index (χ3v) is 4.48. The smallest absolute Gasteiger partial charge is 0.426 e. The predicted octanol–water partition coefficient (Wildman–Crippen LogP) is 4.74. The summed E-state index contributed by atoms with van der Waals surface area (Å²) >= 11 is 0. The molecular formula is C23H27F2N3O5. The number of anilines is 1. The van der Waals surface area contributed by atoms with Crippen LogP contribution in [0.1, 0.15) is 38.1 Å². The van der Waals surface area contributed by atoms with Crippen LogP contribution in [0.25, 0.3) is 11.1 Å². The molecule has 0 bridgehead atoms. The molecule has 2 aromatic rings. The second-order valence-corrected chi connectivity index (χ2v) is 8.02. The minimum atomic E-state index is -0.897. The molecule has 178 valence electrons. The fourth-order valence-corrected chi connectivity index (χ4v) is 2.98. The van der Waals surface area contributed by atoms with Gasteiger partial charge < -0.3 is 9.47 Å². The minimum absolute atomic E-state index is 0.0912. The summed E-state index contributed by atoms with van der Waals surface area (Å²) in [4.78, 5) is 37.8. The molecule has 0 saturated carbocycles. The van der Waals surface area contributed by atoms with E-state index in [1.54, 1.807) is 27.7 Å². The van der Waals surface area contributed by atoms with Gasteiger partial charge in [-0.25, -0.2) is 33.6 Å². The van der Waals surface area contributed by atoms with Crippen molar-refractivity contribution < 1.29 is 32.6 Å². The number of carbonyl (C=O) groups excluding carboxylic acids is 3. The number of halogens is 2. The van der Waals surface area contributed by atoms with E-state index in [1.807, 2.05) is 0 Å². The Bertz CT molecular complexity index is 1050. The van der Waals surface area contributed by atoms with Crippen LogP contribution in [0.3, 0.4) is 0 Å². The van der Waals surface area contributed by atoms with Crippen molar-refractivity contribution in [3.05, 3.63) is 53.6 Å². The number of rotatable bonds is 4. The van der Waals surface area contributed by atoms with Crippen LogP contribution in [0.2, 0.25) is 0 Å². The van der Waals surface area contributed by atoms with Crippen molar-refractivity contribution >= 4 is 23.8 Å². The lowest BCUT2D eigenvalue weighted by atomic mass is 9.98. The molecular weight excluding hydrogens is 436 g/mol. The lowest BCUT2D eigenvalue weighted by molar-refractivity contribution is 0.0388. The van der Waals surface area contributed by atoms with E-state index in [2.05, 4.69) is 10.2 Å². The highest BCUT2D eigenvalue weighted by Gasteiger charge is 2.25. The molecule has 8 nitrogen and oxygen atoms in total. The number of hydrogen-bond acceptors (Lipinski definition) is 5. The first-order chi connectivity index (χ1) is 15.4. The summed E-state index contributed by atoms with van der Waals surface area (Å²) in [7, 11) is 2.45. The second-order valence-electron chi connectivity index (χ2n) is 8.02. The molecule has 33 heavy (non-hydrogen) atoms. The number of nitrogens with one attached hydrogen (secondary N) is 1. The second kappa shape index (κ2) is 10.3. The highest BCUT2D eigenvalue weighted by atomic mass is 19.1. The Morgan fingerprint density at radius 2 is 1.73 bits per heavy atom. The Labute approximate surface area is 191 Å². The standard InChI is InChI=1S/C23H27F2N3O5/c1-7-28(26-21(30)33-23(2,3)4)22(31)27(5)18-12-11-14(13-17(18)25)15-9-8-10-16(24)19(15)20(29)32-6/h8-13H,7H2,1-6H3,(H,26,30). The number of ether oxygens (including phenoxy) is 2. The van der Waals surface area contributed by atoms with Gasteiger partial charge in [-0.1, -0.05) is 18.2 Å². The number of methoxy groups -OCH3 is 1. The van der Waals surface area contributed by atoms with Gasteiger partial charge in [0.15, 0.2) is 0 Å². The van der Waals surface area contributed by atoms with Gasteiger partial charge in [-0.2, -0.15) is 0 Å². The van der Waals surface area contributed by atoms with Crippen molar-refractivity contribution in [3.8, 4) is 11.1 Å². The summed E-state index contributed by atoms with van der Waals surface area (Å²) in [5, 5.41) is 0.976. The molecule has 0 unspecified atom stereocenters. The first-order valence-electron chi connectivity index (χ1n) is 10.1. The maximum atomic E-state index is 15.0. The third-order valence-electron chi connectivity index (χ3n) is 4.48. The van der Waals surface area contributed by atoms with E-state index in [1.165, 1.54) is 31.3 Å². The fourth-order valence-electron chi connectivity index (χ4n) is 2.98. The van der Waals surface area contributed by atoms with Crippen LogP contribution in [-0.4, -0.2) is 49.4 Å². The number of nitrogens with zero attached hydrogens (tertiary/aromatic N) is 2. The monoisotopic (exact) mass is 463 g/mol. The SMILES string of the molecule is CCN(NC(=O)OC(C)(C)C)C(=O)N(C)c1ccc(-c2cccc(F)c2C(=O)OC)cc1F. The van der Waals surface area contributed by atoms with Crippen LogP contribution >= 0.6 is 0 Å². The normalized spacial score (nSPS) is 10.9. The molecule has 0 aliphatic carbocycles. The van der Waals surface area contributed by atoms with Gasteiger partial charge in [-0.05, 0) is 57.0 Å². The van der Waals surface area contributed by atoms with E-state index in [9.17, 15) is 23.2 Å². The predicted molar refractivity (Wildman–Crippen MR) is 119 cm³/mol. The van der Waals surface area contributed by atoms with E-state index in [-0.39, 0.29) is 28.9 Å². The van der Waals surface area contributed by atoms with Gasteiger partial charge in [0.1, 0.15) is 22.8 Å². The molecule has 0 saturated heterocycles. The first-order valence-corrected chi connectivity index (χ1v) is 10.1. The Morgan fingerprint density at radius 3 is 2.27 bits per heavy atom. The summed E-state index contributed by atoms with van der Waals surface area (Å²) in [5.41, 5.74) is 1.51. The lowest BCUT2D eigenvalue weighted by Crippen LogP contribution is -2.52. The Balaban J connectivity index is 2.31. The van der Waals surface area contributed by atoms with E-state index < -0.39 is 35.3 Å². The molecule has 0 radical (unpaired) electrons. The van der Waals surface area contributed by atoms with Gasteiger partial charge in [-0.3, -0.25) is 4.90 Å². The molecule has 0 aromatic heterocycles. The average Bonchev–Trinajstić information content (AvgIpc) is 2.74. The van der Waals surface area contributed by atoms with Crippen molar-refractivity contribution in [3.63, 3.8) is 0 Å². The topological polar surface area (TPSA) is 88.2 Å². The molecule has 3 amide bonds. The van der Waals surface area contributed by atoms with Gasteiger partial charge in [0.25, 0.3) is 0 Å². The quantitative estimate of drug-likeness (QED) is 0.523. The third kappa shape index (κ3) is 6.18. The highest BCUT2D eigenvalue weighted by molar-refractivity contribution is 5.98. The molecule has 2 rings (SSSR count). The maximum Gasteiger partial charge on any atom is 0.426 e. The Hall–Kier alpha value is -3.69. The van der Waals surface area contributed by atoms with E-state index in [0.29, 0.717) is 0 Å². The van der Waals surface area contributed by atoms with Crippen LogP contribution in [-0.2, 0) is 9.47 Å². The van der Waals surface area contributed by atoms with Gasteiger partial charge in [0, 0.05) is 13.6 Å². The highest BCUT2D eigenvalue weighted by Crippen LogP contribution is 2.30. The van der Waals surface area contributed by atoms with Crippen molar-refractivity contribution in [1.29, 1.82) is 0 Å². The summed E-state index contributed by atoms with van der Waals surface area (Å²) in [6.45, 7) is 6.75. The molecule has 1 N–H and O–H groups in total. The van der Waals surface area contributed by atoms with Gasteiger partial charge in [-0.15, -0.1) is 0 Å². The fraction of sp³-hybridized carbons (Fsp3) is 0.348. The summed E-state index contributed by atoms with van der Waals surface area (Å²) < 4.78 is 39.0. The number of carbonyl (C=O) groups is 3. The van der Waals surface area contributed by atoms with Crippen LogP contribution < -0.4 is 10.3 Å². The average molecular weight is 463 g/mol. The van der Waals surface area contributed by atoms with Gasteiger partial charge >= 0.3 is 18.1 Å². The lowest BCUT2D eigenvalue weighted by Gasteiger charge is -2.29. The van der Waals surface area contributed by atoms with E-state index in [4.69, 9.17) is 4.74 Å². The number of hydrazine groups is 1. The van der Waals surface area contributed by atoms with Crippen molar-refractivity contribution in [1.82, 2.24) is 10.4 Å². The summed E-state index contributed by atoms with van der Waals surface area (Å²) in [5.74, 6) is -2.49. The van der Waals surface area contributed by atoms with Crippen molar-refractivity contribution in [2.75, 3.05) is 25.6 Å². The molecule has 2 aromatic carbocycles. The molecule has 0 spiro atoms. The number of benzene rings is 2. The van der Waals surface area contributed by atoms with Gasteiger partial charge in [0.05, 0.1) is 12.8 Å². The van der Waals surface area contributed by atoms with Crippen LogP contribution in [0.5, 0.6) is 0 Å². The molecule has 0 fully saturated rings. The Morgan fingerprint density at radius 1 is 1.06 bits per heavy atom. The Kier molecular flexibility index (Phi) is 7.97. The molecule has 0 aliphatic heterocycles. The van der Waals surface area contributed by atoms with E-state index in [0.717, 1.165) is 29.2 Å². The zero-order chi connectivity index (χ0) is 24.9. The number of esters is 1. The molecule has 0 heterocycles. The largest absolute Gasteiger partial charge is 0.465 e. The number of hydrogen-bond donors (Lipinski definition) is 1. The zero-order valence-corrected chi connectivity index (χ0v) is 19.4. The molecule has 0 atom stereocenters. The number of amides is 3. The first kappa shape index (κ1) is 25.6. The molecule has 0 aliphatic rings. The van der Waals surface area contributed by atoms with Crippen LogP contribution in [0.15, 0.2) is 36.4 Å². The van der Waals surface area contributed by atoms with Crippen molar-refractivity contribution in [2.24, 2.45) is 0 Å². The maximum absolute atomic E-state index is 15.0.